The molecule has 0 unspecified atom stereocenters. The van der Waals surface area contributed by atoms with Crippen LogP contribution >= 0.6 is 15.9 Å². The fourth-order valence-corrected chi connectivity index (χ4v) is 2.07. The monoisotopic (exact) mass is 303 g/mol. The number of halogens is 1. The molecule has 0 aliphatic carbocycles. The van der Waals surface area contributed by atoms with Gasteiger partial charge in [0.2, 0.25) is 0 Å². The number of nitrogens with one attached hydrogen (secondary N) is 1. The molecule has 0 bridgehead atoms. The average molecular weight is 304 g/mol. The van der Waals surface area contributed by atoms with Crippen LogP contribution in [0.4, 0.5) is 5.69 Å². The molecule has 2 rings (SSSR count). The largest absolute Gasteiger partial charge is 0.312 e. The maximum absolute atomic E-state index is 5.51. The second-order valence-corrected chi connectivity index (χ2v) is 4.76. The van der Waals surface area contributed by atoms with Gasteiger partial charge in [-0.25, -0.2) is 10.8 Å². The number of aliphatic imine (C=N–C) groups is 1. The first-order valence-corrected chi connectivity index (χ1v) is 6.41. The van der Waals surface area contributed by atoms with Crippen molar-refractivity contribution in [2.45, 2.75) is 6.42 Å². The summed E-state index contributed by atoms with van der Waals surface area (Å²) in [6.07, 6.45) is 0.671. The van der Waals surface area contributed by atoms with Crippen molar-refractivity contribution in [3.63, 3.8) is 0 Å². The van der Waals surface area contributed by atoms with Gasteiger partial charge in [0.05, 0.1) is 5.69 Å². The number of nitrogens with zero attached hydrogens (tertiary/aromatic N) is 1. The molecule has 2 aromatic carbocycles. The van der Waals surface area contributed by atoms with Crippen LogP contribution in [0, 0.1) is 0 Å². The van der Waals surface area contributed by atoms with Crippen molar-refractivity contribution < 1.29 is 0 Å². The first kappa shape index (κ1) is 12.8. The van der Waals surface area contributed by atoms with Crippen LogP contribution in [0.3, 0.4) is 0 Å². The molecule has 0 saturated heterocycles. The minimum absolute atomic E-state index is 0.671. The highest BCUT2D eigenvalue weighted by Gasteiger charge is 2.01. The maximum atomic E-state index is 5.51. The van der Waals surface area contributed by atoms with Crippen molar-refractivity contribution in [3.05, 3.63) is 64.6 Å². The number of hydrogen-bond donors (Lipinski definition) is 2. The molecule has 3 N–H and O–H groups in total. The Morgan fingerprint density at radius 2 is 1.89 bits per heavy atom. The van der Waals surface area contributed by atoms with Gasteiger partial charge >= 0.3 is 0 Å². The molecule has 0 fully saturated rings. The summed E-state index contributed by atoms with van der Waals surface area (Å²) in [7, 11) is 0. The number of hydrazine groups is 1. The Kier molecular flexibility index (Phi) is 4.50. The van der Waals surface area contributed by atoms with Gasteiger partial charge < -0.3 is 5.43 Å². The summed E-state index contributed by atoms with van der Waals surface area (Å²) in [5, 5.41) is 0. The van der Waals surface area contributed by atoms with Crippen molar-refractivity contribution in [1.29, 1.82) is 0 Å². The van der Waals surface area contributed by atoms with Crippen LogP contribution in [0.5, 0.6) is 0 Å². The van der Waals surface area contributed by atoms with E-state index in [1.807, 2.05) is 48.5 Å². The Morgan fingerprint density at radius 3 is 2.56 bits per heavy atom. The smallest absolute Gasteiger partial charge is 0.121 e. The SMILES string of the molecule is NNC(Cc1cccc(Br)c1)=Nc1ccccc1. The maximum Gasteiger partial charge on any atom is 0.121 e. The summed E-state index contributed by atoms with van der Waals surface area (Å²) >= 11 is 3.45. The van der Waals surface area contributed by atoms with Gasteiger partial charge in [-0.3, -0.25) is 0 Å². The molecule has 3 nitrogen and oxygen atoms in total. The second kappa shape index (κ2) is 6.33. The van der Waals surface area contributed by atoms with Crippen LogP contribution in [0.15, 0.2) is 64.1 Å². The summed E-state index contributed by atoms with van der Waals surface area (Å²) in [6, 6.07) is 17.8. The highest BCUT2D eigenvalue weighted by atomic mass is 79.9. The van der Waals surface area contributed by atoms with Gasteiger partial charge in [-0.1, -0.05) is 46.3 Å². The molecule has 0 heterocycles. The molecule has 0 saturated carbocycles. The Balaban J connectivity index is 2.17. The average Bonchev–Trinajstić information content (AvgIpc) is 2.39. The molecule has 18 heavy (non-hydrogen) atoms. The van der Waals surface area contributed by atoms with E-state index in [0.29, 0.717) is 6.42 Å². The third kappa shape index (κ3) is 3.68. The first-order chi connectivity index (χ1) is 8.78. The lowest BCUT2D eigenvalue weighted by atomic mass is 10.1. The highest BCUT2D eigenvalue weighted by molar-refractivity contribution is 9.10. The van der Waals surface area contributed by atoms with E-state index in [0.717, 1.165) is 21.6 Å². The lowest BCUT2D eigenvalue weighted by molar-refractivity contribution is 0.988. The number of hydrogen-bond acceptors (Lipinski definition) is 2. The molecule has 0 atom stereocenters. The molecule has 0 aromatic heterocycles. The van der Waals surface area contributed by atoms with Crippen molar-refractivity contribution >= 4 is 27.5 Å². The second-order valence-electron chi connectivity index (χ2n) is 3.85. The summed E-state index contributed by atoms with van der Waals surface area (Å²) in [4.78, 5) is 4.47. The summed E-state index contributed by atoms with van der Waals surface area (Å²) < 4.78 is 1.05. The van der Waals surface area contributed by atoms with E-state index in [2.05, 4.69) is 32.4 Å². The van der Waals surface area contributed by atoms with E-state index >= 15 is 0 Å². The van der Waals surface area contributed by atoms with Crippen LogP contribution in [-0.4, -0.2) is 5.84 Å². The number of rotatable bonds is 3. The van der Waals surface area contributed by atoms with Gasteiger partial charge in [-0.2, -0.15) is 0 Å². The van der Waals surface area contributed by atoms with E-state index in [1.165, 1.54) is 0 Å². The normalized spacial score (nSPS) is 11.3. The standard InChI is InChI=1S/C14H14BrN3/c15-12-6-4-5-11(9-12)10-14(18-16)17-13-7-2-1-3-8-13/h1-9H,10,16H2,(H,17,18). The first-order valence-electron chi connectivity index (χ1n) is 5.61. The van der Waals surface area contributed by atoms with E-state index in [-0.39, 0.29) is 0 Å². The quantitative estimate of drug-likeness (QED) is 0.396. The molecule has 4 heteroatoms. The minimum atomic E-state index is 0.671. The molecule has 0 aliphatic heterocycles. The zero-order valence-corrected chi connectivity index (χ0v) is 11.4. The van der Waals surface area contributed by atoms with Crippen LogP contribution in [0.25, 0.3) is 0 Å². The van der Waals surface area contributed by atoms with E-state index in [4.69, 9.17) is 5.84 Å². The number of para-hydroxylation sites is 1. The van der Waals surface area contributed by atoms with Crippen molar-refractivity contribution in [2.24, 2.45) is 10.8 Å². The van der Waals surface area contributed by atoms with Crippen LogP contribution in [-0.2, 0) is 6.42 Å². The molecule has 0 aliphatic rings. The molecular weight excluding hydrogens is 290 g/mol. The van der Waals surface area contributed by atoms with Gasteiger partial charge in [-0.05, 0) is 29.8 Å². The fraction of sp³-hybridized carbons (Fsp3) is 0.0714. The molecule has 0 spiro atoms. The lowest BCUT2D eigenvalue weighted by Gasteiger charge is -2.06. The van der Waals surface area contributed by atoms with Gasteiger partial charge in [0.1, 0.15) is 5.84 Å². The predicted molar refractivity (Wildman–Crippen MR) is 78.7 cm³/mol. The Morgan fingerprint density at radius 1 is 1.11 bits per heavy atom. The van der Waals surface area contributed by atoms with Gasteiger partial charge in [0, 0.05) is 10.9 Å². The summed E-state index contributed by atoms with van der Waals surface area (Å²) in [5.41, 5.74) is 4.69. The Bertz CT molecular complexity index is 538. The van der Waals surface area contributed by atoms with E-state index < -0.39 is 0 Å². The van der Waals surface area contributed by atoms with E-state index in [1.54, 1.807) is 0 Å². The van der Waals surface area contributed by atoms with Crippen LogP contribution in [0.2, 0.25) is 0 Å². The van der Waals surface area contributed by atoms with Gasteiger partial charge in [-0.15, -0.1) is 0 Å². The third-order valence-corrected chi connectivity index (χ3v) is 2.94. The van der Waals surface area contributed by atoms with Gasteiger partial charge in [0.15, 0.2) is 0 Å². The molecule has 92 valence electrons. The zero-order valence-electron chi connectivity index (χ0n) is 9.81. The van der Waals surface area contributed by atoms with Crippen molar-refractivity contribution in [1.82, 2.24) is 5.43 Å². The predicted octanol–water partition coefficient (Wildman–Crippen LogP) is 3.19. The fourth-order valence-electron chi connectivity index (χ4n) is 1.62. The zero-order chi connectivity index (χ0) is 12.8. The number of benzene rings is 2. The Labute approximate surface area is 115 Å². The Hall–Kier alpha value is -1.65. The molecule has 2 aromatic rings. The van der Waals surface area contributed by atoms with Crippen molar-refractivity contribution in [2.75, 3.05) is 0 Å². The topological polar surface area (TPSA) is 50.4 Å². The summed E-state index contributed by atoms with van der Waals surface area (Å²) in [6.45, 7) is 0. The van der Waals surface area contributed by atoms with Crippen LogP contribution in [0.1, 0.15) is 5.56 Å². The van der Waals surface area contributed by atoms with Crippen LogP contribution < -0.4 is 11.3 Å². The van der Waals surface area contributed by atoms with Gasteiger partial charge in [0.25, 0.3) is 0 Å². The summed E-state index contributed by atoms with van der Waals surface area (Å²) in [5.74, 6) is 6.25. The third-order valence-electron chi connectivity index (χ3n) is 2.45. The van der Waals surface area contributed by atoms with Crippen molar-refractivity contribution in [3.8, 4) is 0 Å². The van der Waals surface area contributed by atoms with E-state index in [9.17, 15) is 0 Å². The number of amidine groups is 1. The minimum Gasteiger partial charge on any atom is -0.312 e. The molecular formula is C14H14BrN3. The number of nitrogens with two attached hydrogens (primary N) is 1. The lowest BCUT2D eigenvalue weighted by Crippen LogP contribution is -2.31. The molecule has 0 radical (unpaired) electrons. The highest BCUT2D eigenvalue weighted by Crippen LogP contribution is 2.14. The molecule has 0 amide bonds.